The second-order valence-electron chi connectivity index (χ2n) is 19.2. The van der Waals surface area contributed by atoms with Crippen LogP contribution >= 0.6 is 0 Å². The summed E-state index contributed by atoms with van der Waals surface area (Å²) in [5, 5.41) is 174. The number of carboxylic acids is 15. The van der Waals surface area contributed by atoms with Crippen molar-refractivity contribution in [1.82, 2.24) is 30.7 Å². The van der Waals surface area contributed by atoms with Crippen molar-refractivity contribution in [3.63, 3.8) is 0 Å². The van der Waals surface area contributed by atoms with Crippen molar-refractivity contribution in [3.05, 3.63) is 35.9 Å². The van der Waals surface area contributed by atoms with E-state index in [2.05, 4.69) is 28.1 Å². The summed E-state index contributed by atoms with van der Waals surface area (Å²) >= 11 is 1.87. The van der Waals surface area contributed by atoms with E-state index < -0.39 is 221 Å². The van der Waals surface area contributed by atoms with Gasteiger partial charge in [0.05, 0.1) is 35.8 Å². The van der Waals surface area contributed by atoms with Crippen molar-refractivity contribution in [2.24, 2.45) is 17.2 Å². The van der Waals surface area contributed by atoms with E-state index in [-0.39, 0.29) is 201 Å². The first-order chi connectivity index (χ1) is 42.7. The molecule has 0 aliphatic rings. The number of nitrogens with one attached hydrogen (secondary N) is 3. The molecule has 0 saturated carbocycles. The Kier molecular flexibility index (Phi) is 64.6. The first-order valence-electron chi connectivity index (χ1n) is 26.5. The van der Waals surface area contributed by atoms with E-state index >= 15 is 0 Å². The van der Waals surface area contributed by atoms with Gasteiger partial charge in [-0.1, -0.05) is 0 Å². The average Bonchev–Trinajstić information content (AvgIpc) is 0.802. The number of carboxylic acid groups (broad SMARTS) is 15. The van der Waals surface area contributed by atoms with Gasteiger partial charge < -0.3 is 182 Å². The second kappa shape index (κ2) is 58.0. The van der Waals surface area contributed by atoms with Crippen LogP contribution in [0, 0.1) is 198 Å². The van der Waals surface area contributed by atoms with Gasteiger partial charge in [-0.3, -0.25) is 14.7 Å². The topological polar surface area (TPSA) is 735 Å². The van der Waals surface area contributed by atoms with Crippen LogP contribution in [0.1, 0.15) is 72.2 Å². The Morgan fingerprint density at radius 3 is 0.719 bits per heavy atom. The maximum absolute atomic E-state index is 11.2. The predicted octanol–water partition coefficient (Wildman–Crippen LogP) is -25.1. The summed E-state index contributed by atoms with van der Waals surface area (Å²) in [4.78, 5) is 168. The van der Waals surface area contributed by atoms with Crippen molar-refractivity contribution in [3.8, 4) is 0 Å². The van der Waals surface area contributed by atoms with Gasteiger partial charge in [0.1, 0.15) is 0 Å². The number of carbonyl (C=O) groups is 15. The van der Waals surface area contributed by atoms with E-state index in [1.165, 1.54) is 5.56 Å². The van der Waals surface area contributed by atoms with Crippen LogP contribution in [0.4, 0.5) is 0 Å². The third-order valence-electron chi connectivity index (χ3n) is 12.5. The summed E-state index contributed by atoms with van der Waals surface area (Å²) in [5.74, 6) is -27.8. The minimum atomic E-state index is -2.40. The zero-order valence-corrected chi connectivity index (χ0v) is 61.6. The normalized spacial score (nSPS) is 12.0. The summed E-state index contributed by atoms with van der Waals surface area (Å²) in [7, 11) is 0. The Balaban J connectivity index is -0.000000224. The molecule has 4 unspecified atom stereocenters. The monoisotopic (exact) mass is 2090 g/mol. The molecule has 0 aliphatic carbocycles. The first kappa shape index (κ1) is 107. The fraction of sp³-hybridized carbons (Fsp3) is 0.588. The third-order valence-corrected chi connectivity index (χ3v) is 13.7. The van der Waals surface area contributed by atoms with Crippen molar-refractivity contribution in [2.75, 3.05) is 85.1 Å². The second-order valence-corrected chi connectivity index (χ2v) is 20.4. The van der Waals surface area contributed by atoms with E-state index in [1.54, 1.807) is 0 Å². The van der Waals surface area contributed by atoms with E-state index in [9.17, 15) is 149 Å². The van der Waals surface area contributed by atoms with Gasteiger partial charge in [0, 0.05) is 225 Å². The molecule has 0 bridgehead atoms. The number of nitrogens with two attached hydrogens (primary N) is 3. The largest absolute Gasteiger partial charge is 3.00 e. The Labute approximate surface area is 700 Å². The Hall–Kier alpha value is -2.51. The van der Waals surface area contributed by atoms with Crippen LogP contribution < -0.4 is 110 Å². The average molecular weight is 2090 g/mol. The summed E-state index contributed by atoms with van der Waals surface area (Å²) in [5.41, 5.74) is 9.93. The predicted molar refractivity (Wildman–Crippen MR) is 263 cm³/mol. The molecule has 0 saturated heterocycles. The minimum Gasteiger partial charge on any atom is -0.550 e. The van der Waals surface area contributed by atoms with Crippen LogP contribution in [0.5, 0.6) is 0 Å². The molecule has 0 heterocycles. The number of nitrogens with zero attached hydrogens (tertiary/aromatic N) is 3. The van der Waals surface area contributed by atoms with E-state index in [0.717, 1.165) is 6.61 Å². The molecule has 45 heteroatoms. The molecule has 0 amide bonds. The molecule has 0 aliphatic heterocycles. The maximum Gasteiger partial charge on any atom is 3.00 e. The number of hydrogen-bond acceptors (Lipinski definition) is 40. The SMILES string of the molecule is CCO[CH]([Gd+3])c1ccccc1.NCCNC(CC(=O)[O-])C(CC(=O)[O-])(CC(=O)[O-])N(CC(=O)[O-])CC(=O)[O-].NCCNC(CC(=O)[O-])C(CC(=O)[O-])(CC(=O)[O-])N(CC(=O)[O-])CC(=O)[O-].NCCNC(CC(=O)[O-])C(CC(=O)[O-])(CC(=O)[O-])N(CC(=O)[O-])CC(=O)[O-].[Gd+3].[Gd+3].[Gd+3].[Gd+3]. The van der Waals surface area contributed by atoms with Gasteiger partial charge in [-0.05, 0) is 0 Å². The molecular weight excluding hydrogens is 2020 g/mol. The zero-order chi connectivity index (χ0) is 71.7. The summed E-state index contributed by atoms with van der Waals surface area (Å²) in [6, 6.07) is 5.48. The van der Waals surface area contributed by atoms with Gasteiger partial charge >= 0.3 is 254 Å². The fourth-order valence-corrected chi connectivity index (χ4v) is 10.1. The molecule has 9 N–H and O–H groups in total. The van der Waals surface area contributed by atoms with E-state index in [4.69, 9.17) is 21.9 Å². The molecule has 540 valence electrons. The summed E-state index contributed by atoms with van der Waals surface area (Å²) < 4.78 is 5.69. The van der Waals surface area contributed by atoms with Crippen molar-refractivity contribution >= 4 is 89.5 Å². The van der Waals surface area contributed by atoms with Crippen LogP contribution in [-0.2, 0) is 76.7 Å². The van der Waals surface area contributed by atoms with Crippen molar-refractivity contribution in [2.45, 2.75) is 101 Å². The first-order valence-corrected chi connectivity index (χ1v) is 27.8. The van der Waals surface area contributed by atoms with Gasteiger partial charge in [-0.25, -0.2) is 0 Å². The molecule has 1 rings (SSSR count). The quantitative estimate of drug-likeness (QED) is 0.0353. The number of benzene rings is 1. The molecule has 96 heavy (non-hydrogen) atoms. The number of hydrogen-bond donors (Lipinski definition) is 6. The van der Waals surface area contributed by atoms with Crippen LogP contribution in [0.2, 0.25) is 0 Å². The Morgan fingerprint density at radius 2 is 0.573 bits per heavy atom. The Bertz CT molecular complexity index is 2310. The molecule has 4 radical (unpaired) electrons. The van der Waals surface area contributed by atoms with Gasteiger partial charge in [0.2, 0.25) is 0 Å². The summed E-state index contributed by atoms with van der Waals surface area (Å²) in [6.07, 6.45) is -10.4. The number of aliphatic carboxylic acids is 15. The van der Waals surface area contributed by atoms with Crippen molar-refractivity contribution in [1.29, 1.82) is 0 Å². The van der Waals surface area contributed by atoms with Crippen LogP contribution in [-0.4, -0.2) is 224 Å². The molecule has 4 atom stereocenters. The molecular formula is C51H65Gd5N9O31. The van der Waals surface area contributed by atoms with Gasteiger partial charge in [0.25, 0.3) is 0 Å². The number of ether oxygens (including phenoxy) is 1. The van der Waals surface area contributed by atoms with Crippen molar-refractivity contribution < 1.29 is 351 Å². The van der Waals surface area contributed by atoms with Crippen LogP contribution in [0.3, 0.4) is 0 Å². The molecule has 40 nitrogen and oxygen atoms in total. The molecule has 0 spiro atoms. The van der Waals surface area contributed by atoms with Gasteiger partial charge in [0.15, 0.2) is 0 Å². The number of carbonyl (C=O) groups excluding carboxylic acids is 15. The Morgan fingerprint density at radius 1 is 0.375 bits per heavy atom. The maximum atomic E-state index is 11.2. The minimum absolute atomic E-state index is 0. The van der Waals surface area contributed by atoms with E-state index in [0.29, 0.717) is 14.7 Å². The van der Waals surface area contributed by atoms with Gasteiger partial charge in [-0.2, -0.15) is 0 Å². The smallest absolute Gasteiger partial charge is 0.550 e. The van der Waals surface area contributed by atoms with Crippen LogP contribution in [0.25, 0.3) is 0 Å². The van der Waals surface area contributed by atoms with Gasteiger partial charge in [-0.15, -0.1) is 0 Å². The standard InChI is InChI=1S/3C14H23N3O10.C9H11O.5Gd/c3*15-1-2-16-8(3-9(18)19)14(4-10(20)21,5-11(22)23)17(6-12(24)25)7-13(26)27;1-2-10-8-9-6-4-3-5-7-9;;;;;/h3*8,16H,1-7,15H2,(H,18,19)(H,20,21)(H,22,23)(H,24,25)(H,26,27);3-8H,2H2,1H3;;;;;/q;;;;5*+3/p-15. The number of rotatable bonds is 48. The van der Waals surface area contributed by atoms with Crippen LogP contribution in [0.15, 0.2) is 30.3 Å². The van der Waals surface area contributed by atoms with E-state index in [1.807, 2.05) is 63.0 Å². The molecule has 1 aromatic carbocycles. The third kappa shape index (κ3) is 46.8. The zero-order valence-electron chi connectivity index (χ0n) is 50.2. The molecule has 1 aromatic rings. The molecule has 0 aromatic heterocycles. The summed E-state index contributed by atoms with van der Waals surface area (Å²) in [6.45, 7) is -5.27. The fourth-order valence-electron chi connectivity index (χ4n) is 9.27. The molecule has 0 fully saturated rings.